The van der Waals surface area contributed by atoms with E-state index in [0.29, 0.717) is 34.5 Å². The van der Waals surface area contributed by atoms with Crippen molar-refractivity contribution in [1.29, 1.82) is 5.26 Å². The molecule has 0 saturated carbocycles. The van der Waals surface area contributed by atoms with Gasteiger partial charge < -0.3 is 9.47 Å². The molecule has 0 saturated heterocycles. The highest BCUT2D eigenvalue weighted by Gasteiger charge is 2.19. The van der Waals surface area contributed by atoms with E-state index in [9.17, 15) is 9.18 Å². The van der Waals surface area contributed by atoms with Crippen LogP contribution in [0.5, 0.6) is 11.5 Å². The maximum absolute atomic E-state index is 13.4. The number of benzene rings is 3. The van der Waals surface area contributed by atoms with E-state index >= 15 is 0 Å². The quantitative estimate of drug-likeness (QED) is 0.201. The lowest BCUT2D eigenvalue weighted by molar-refractivity contribution is -0.131. The van der Waals surface area contributed by atoms with Gasteiger partial charge in [0.2, 0.25) is 0 Å². The normalized spacial score (nSPS) is 10.5. The van der Waals surface area contributed by atoms with Crippen molar-refractivity contribution in [2.75, 3.05) is 12.4 Å². The van der Waals surface area contributed by atoms with Crippen LogP contribution in [0.1, 0.15) is 12.5 Å². The van der Waals surface area contributed by atoms with Crippen LogP contribution < -0.4 is 9.47 Å². The second kappa shape index (κ2) is 10.6. The standard InChI is InChI=1S/C25H19FN4O3S/c1-2-32-22-14-17(15-27)8-13-21(22)33-23(31)16-34-25-29-28-24(18-9-11-19(26)12-10-18)30(25)20-6-4-3-5-7-20/h3-14H,2,16H2,1H3. The van der Waals surface area contributed by atoms with Gasteiger partial charge in [0.05, 0.1) is 24.0 Å². The first kappa shape index (κ1) is 23.0. The van der Waals surface area contributed by atoms with E-state index in [-0.39, 0.29) is 17.3 Å². The van der Waals surface area contributed by atoms with E-state index < -0.39 is 5.97 Å². The molecule has 0 amide bonds. The first-order valence-corrected chi connectivity index (χ1v) is 11.3. The lowest BCUT2D eigenvalue weighted by atomic mass is 10.2. The lowest BCUT2D eigenvalue weighted by Crippen LogP contribution is -2.12. The van der Waals surface area contributed by atoms with Gasteiger partial charge in [0, 0.05) is 17.3 Å². The topological polar surface area (TPSA) is 90.0 Å². The molecular weight excluding hydrogens is 455 g/mol. The first-order chi connectivity index (χ1) is 16.6. The Balaban J connectivity index is 1.56. The van der Waals surface area contributed by atoms with Gasteiger partial charge in [-0.3, -0.25) is 9.36 Å². The van der Waals surface area contributed by atoms with Gasteiger partial charge in [0.1, 0.15) is 5.82 Å². The Morgan fingerprint density at radius 2 is 1.82 bits per heavy atom. The van der Waals surface area contributed by atoms with Crippen molar-refractivity contribution in [1.82, 2.24) is 14.8 Å². The Labute approximate surface area is 199 Å². The summed E-state index contributed by atoms with van der Waals surface area (Å²) >= 11 is 1.16. The Hall–Kier alpha value is -4.16. The number of aromatic nitrogens is 3. The molecule has 0 N–H and O–H groups in total. The van der Waals surface area contributed by atoms with Crippen molar-refractivity contribution >= 4 is 17.7 Å². The number of thioether (sulfide) groups is 1. The highest BCUT2D eigenvalue weighted by atomic mass is 32.2. The summed E-state index contributed by atoms with van der Waals surface area (Å²) in [7, 11) is 0. The SMILES string of the molecule is CCOc1cc(C#N)ccc1OC(=O)CSc1nnc(-c2ccc(F)cc2)n1-c1ccccc1. The van der Waals surface area contributed by atoms with Crippen LogP contribution in [0.15, 0.2) is 78.0 Å². The van der Waals surface area contributed by atoms with Crippen LogP contribution in [-0.2, 0) is 4.79 Å². The number of ether oxygens (including phenoxy) is 2. The molecule has 3 aromatic carbocycles. The molecule has 0 aliphatic carbocycles. The maximum atomic E-state index is 13.4. The number of hydrogen-bond acceptors (Lipinski definition) is 7. The minimum absolute atomic E-state index is 0.0417. The van der Waals surface area contributed by atoms with Gasteiger partial charge in [-0.2, -0.15) is 5.26 Å². The van der Waals surface area contributed by atoms with E-state index in [4.69, 9.17) is 14.7 Å². The lowest BCUT2D eigenvalue weighted by Gasteiger charge is -2.12. The molecule has 0 fully saturated rings. The van der Waals surface area contributed by atoms with Gasteiger partial charge in [-0.15, -0.1) is 10.2 Å². The number of rotatable bonds is 8. The number of halogens is 1. The molecule has 0 aliphatic rings. The van der Waals surface area contributed by atoms with Crippen LogP contribution in [0.2, 0.25) is 0 Å². The average molecular weight is 475 g/mol. The molecule has 9 heteroatoms. The van der Waals surface area contributed by atoms with E-state index in [1.165, 1.54) is 24.3 Å². The summed E-state index contributed by atoms with van der Waals surface area (Å²) in [6.07, 6.45) is 0. The predicted molar refractivity (Wildman–Crippen MR) is 125 cm³/mol. The molecule has 170 valence electrons. The smallest absolute Gasteiger partial charge is 0.321 e. The van der Waals surface area contributed by atoms with E-state index in [0.717, 1.165) is 17.4 Å². The Bertz CT molecular complexity index is 1330. The fourth-order valence-electron chi connectivity index (χ4n) is 3.16. The zero-order valence-corrected chi connectivity index (χ0v) is 19.0. The minimum Gasteiger partial charge on any atom is -0.490 e. The van der Waals surface area contributed by atoms with Crippen LogP contribution in [-0.4, -0.2) is 33.1 Å². The van der Waals surface area contributed by atoms with Crippen molar-refractivity contribution in [3.63, 3.8) is 0 Å². The number of carbonyl (C=O) groups excluding carboxylic acids is 1. The van der Waals surface area contributed by atoms with E-state index in [1.807, 2.05) is 36.4 Å². The fourth-order valence-corrected chi connectivity index (χ4v) is 3.89. The van der Waals surface area contributed by atoms with Crippen molar-refractivity contribution < 1.29 is 18.7 Å². The van der Waals surface area contributed by atoms with Crippen molar-refractivity contribution in [2.45, 2.75) is 12.1 Å². The van der Waals surface area contributed by atoms with Crippen LogP contribution in [0.3, 0.4) is 0 Å². The molecule has 1 heterocycles. The molecule has 7 nitrogen and oxygen atoms in total. The van der Waals surface area contributed by atoms with Gasteiger partial charge in [-0.05, 0) is 55.5 Å². The molecule has 34 heavy (non-hydrogen) atoms. The fraction of sp³-hybridized carbons (Fsp3) is 0.120. The molecule has 4 rings (SSSR count). The van der Waals surface area contributed by atoms with Gasteiger partial charge in [0.25, 0.3) is 0 Å². The van der Waals surface area contributed by atoms with Crippen LogP contribution in [0, 0.1) is 17.1 Å². The third kappa shape index (κ3) is 5.24. The largest absolute Gasteiger partial charge is 0.490 e. The summed E-state index contributed by atoms with van der Waals surface area (Å²) < 4.78 is 26.2. The Morgan fingerprint density at radius 1 is 1.06 bits per heavy atom. The summed E-state index contributed by atoms with van der Waals surface area (Å²) in [6.45, 7) is 2.16. The molecule has 0 spiro atoms. The molecule has 0 unspecified atom stereocenters. The summed E-state index contributed by atoms with van der Waals surface area (Å²) in [5.41, 5.74) is 1.89. The van der Waals surface area contributed by atoms with Crippen LogP contribution in [0.25, 0.3) is 17.1 Å². The summed E-state index contributed by atoms with van der Waals surface area (Å²) in [6, 6.07) is 22.1. The highest BCUT2D eigenvalue weighted by Crippen LogP contribution is 2.31. The third-order valence-electron chi connectivity index (χ3n) is 4.67. The second-order valence-corrected chi connectivity index (χ2v) is 7.90. The van der Waals surface area contributed by atoms with E-state index in [2.05, 4.69) is 10.2 Å². The minimum atomic E-state index is -0.512. The second-order valence-electron chi connectivity index (χ2n) is 6.95. The highest BCUT2D eigenvalue weighted by molar-refractivity contribution is 7.99. The average Bonchev–Trinajstić information content (AvgIpc) is 3.29. The van der Waals surface area contributed by atoms with Crippen LogP contribution >= 0.6 is 11.8 Å². The van der Waals surface area contributed by atoms with Gasteiger partial charge in [0.15, 0.2) is 22.5 Å². The predicted octanol–water partition coefficient (Wildman–Crippen LogP) is 5.04. The molecule has 1 aromatic heterocycles. The number of nitriles is 1. The van der Waals surface area contributed by atoms with Crippen molar-refractivity contribution in [3.05, 3.63) is 84.2 Å². The monoisotopic (exact) mass is 474 g/mol. The van der Waals surface area contributed by atoms with Gasteiger partial charge in [-0.25, -0.2) is 4.39 Å². The zero-order valence-electron chi connectivity index (χ0n) is 18.1. The van der Waals surface area contributed by atoms with Crippen molar-refractivity contribution in [2.24, 2.45) is 0 Å². The maximum Gasteiger partial charge on any atom is 0.321 e. The molecule has 4 aromatic rings. The number of para-hydroxylation sites is 1. The number of esters is 1. The Morgan fingerprint density at radius 3 is 2.53 bits per heavy atom. The van der Waals surface area contributed by atoms with E-state index in [1.54, 1.807) is 29.7 Å². The Kier molecular flexibility index (Phi) is 7.20. The molecule has 0 bridgehead atoms. The zero-order chi connectivity index (χ0) is 23.9. The molecule has 0 aliphatic heterocycles. The van der Waals surface area contributed by atoms with Crippen molar-refractivity contribution in [3.8, 4) is 34.6 Å². The number of carbonyl (C=O) groups is 1. The summed E-state index contributed by atoms with van der Waals surface area (Å²) in [4.78, 5) is 12.6. The number of hydrogen-bond donors (Lipinski definition) is 0. The molecule has 0 atom stereocenters. The first-order valence-electron chi connectivity index (χ1n) is 10.4. The third-order valence-corrected chi connectivity index (χ3v) is 5.57. The number of nitrogens with zero attached hydrogens (tertiary/aromatic N) is 4. The van der Waals surface area contributed by atoms with Gasteiger partial charge in [-0.1, -0.05) is 30.0 Å². The summed E-state index contributed by atoms with van der Waals surface area (Å²) in [5.74, 6) is 0.185. The van der Waals surface area contributed by atoms with Gasteiger partial charge >= 0.3 is 5.97 Å². The molecule has 0 radical (unpaired) electrons. The van der Waals surface area contributed by atoms with Crippen LogP contribution in [0.4, 0.5) is 4.39 Å². The molecular formula is C25H19FN4O3S. The summed E-state index contributed by atoms with van der Waals surface area (Å²) in [5, 5.41) is 18.1.